The maximum Gasteiger partial charge on any atom is 0.298 e. The van der Waals surface area contributed by atoms with Crippen molar-refractivity contribution in [2.45, 2.75) is 0 Å². The van der Waals surface area contributed by atoms with Crippen molar-refractivity contribution in [2.75, 3.05) is 5.73 Å². The van der Waals surface area contributed by atoms with E-state index in [1.165, 1.54) is 0 Å². The summed E-state index contributed by atoms with van der Waals surface area (Å²) in [6.07, 6.45) is 0. The van der Waals surface area contributed by atoms with E-state index in [2.05, 4.69) is 20.7 Å². The minimum Gasteiger partial charge on any atom is -0.427 e. The Morgan fingerprint density at radius 2 is 2.27 bits per heavy atom. The van der Waals surface area contributed by atoms with Gasteiger partial charge in [-0.05, 0) is 18.2 Å². The lowest BCUT2D eigenvalue weighted by atomic mass is 10.3. The van der Waals surface area contributed by atoms with Crippen LogP contribution in [0.3, 0.4) is 0 Å². The molecule has 11 heavy (non-hydrogen) atoms. The molecule has 0 atom stereocenters. The van der Waals surface area contributed by atoms with Crippen LogP contribution in [0.25, 0.3) is 0 Å². The van der Waals surface area contributed by atoms with E-state index >= 15 is 0 Å². The van der Waals surface area contributed by atoms with Crippen LogP contribution in [0, 0.1) is 0 Å². The van der Waals surface area contributed by atoms with Gasteiger partial charge in [-0.25, -0.2) is 0 Å². The van der Waals surface area contributed by atoms with E-state index in [9.17, 15) is 4.79 Å². The van der Waals surface area contributed by atoms with Gasteiger partial charge in [-0.3, -0.25) is 4.79 Å². The first kappa shape index (κ1) is 8.07. The molecule has 0 aliphatic rings. The van der Waals surface area contributed by atoms with Crippen molar-refractivity contribution < 1.29 is 9.53 Å². The standard InChI is InChI=1S/C7H6BrNO2/c8-5-1-2-6(9)7(3-5)11-4-10/h1-4H,9H2. The number of nitrogens with two attached hydrogens (primary N) is 1. The third-order valence-corrected chi connectivity index (χ3v) is 1.64. The lowest BCUT2D eigenvalue weighted by Gasteiger charge is -2.01. The fourth-order valence-electron chi connectivity index (χ4n) is 0.662. The summed E-state index contributed by atoms with van der Waals surface area (Å²) in [6, 6.07) is 5.06. The highest BCUT2D eigenvalue weighted by molar-refractivity contribution is 9.10. The van der Waals surface area contributed by atoms with Crippen molar-refractivity contribution in [1.29, 1.82) is 0 Å². The topological polar surface area (TPSA) is 52.3 Å². The number of carbonyl (C=O) groups is 1. The Balaban J connectivity index is 3.01. The van der Waals surface area contributed by atoms with Gasteiger partial charge in [0.05, 0.1) is 5.69 Å². The van der Waals surface area contributed by atoms with Gasteiger partial charge in [0.25, 0.3) is 6.47 Å². The summed E-state index contributed by atoms with van der Waals surface area (Å²) < 4.78 is 5.40. The zero-order valence-corrected chi connectivity index (χ0v) is 7.17. The smallest absolute Gasteiger partial charge is 0.298 e. The molecule has 4 heteroatoms. The monoisotopic (exact) mass is 215 g/mol. The van der Waals surface area contributed by atoms with Crippen LogP contribution in [0.2, 0.25) is 0 Å². The van der Waals surface area contributed by atoms with Crippen LogP contribution in [0.4, 0.5) is 5.69 Å². The first-order valence-electron chi connectivity index (χ1n) is 2.89. The molecule has 0 heterocycles. The highest BCUT2D eigenvalue weighted by Gasteiger charge is 1.98. The quantitative estimate of drug-likeness (QED) is 0.602. The first-order chi connectivity index (χ1) is 5.24. The van der Waals surface area contributed by atoms with Crippen LogP contribution in [0.1, 0.15) is 0 Å². The third-order valence-electron chi connectivity index (χ3n) is 1.15. The third kappa shape index (κ3) is 1.94. The van der Waals surface area contributed by atoms with E-state index in [0.717, 1.165) is 4.47 Å². The molecule has 58 valence electrons. The molecule has 0 saturated carbocycles. The van der Waals surface area contributed by atoms with Crippen LogP contribution < -0.4 is 10.5 Å². The number of rotatable bonds is 2. The van der Waals surface area contributed by atoms with Gasteiger partial charge in [-0.15, -0.1) is 0 Å². The molecule has 1 rings (SSSR count). The highest BCUT2D eigenvalue weighted by Crippen LogP contribution is 2.24. The van der Waals surface area contributed by atoms with Crippen LogP contribution in [0.5, 0.6) is 5.75 Å². The summed E-state index contributed by atoms with van der Waals surface area (Å²) in [5.74, 6) is 0.370. The summed E-state index contributed by atoms with van der Waals surface area (Å²) in [6.45, 7) is 0.345. The molecule has 0 amide bonds. The maximum absolute atomic E-state index is 9.94. The van der Waals surface area contributed by atoms with Gasteiger partial charge < -0.3 is 10.5 Å². The Morgan fingerprint density at radius 1 is 1.55 bits per heavy atom. The van der Waals surface area contributed by atoms with Crippen molar-refractivity contribution in [3.05, 3.63) is 22.7 Å². The fourth-order valence-corrected chi connectivity index (χ4v) is 1.00. The SMILES string of the molecule is Nc1ccc(Br)cc1OC=O. The second-order valence-electron chi connectivity index (χ2n) is 1.90. The molecule has 0 unspecified atom stereocenters. The average Bonchev–Trinajstić information content (AvgIpc) is 1.98. The number of anilines is 1. The molecule has 0 bridgehead atoms. The molecule has 0 aromatic heterocycles. The summed E-state index contributed by atoms with van der Waals surface area (Å²) >= 11 is 3.21. The zero-order valence-electron chi connectivity index (χ0n) is 5.58. The molecule has 2 N–H and O–H groups in total. The minimum absolute atomic E-state index is 0.345. The zero-order chi connectivity index (χ0) is 8.27. The van der Waals surface area contributed by atoms with Gasteiger partial charge in [-0.2, -0.15) is 0 Å². The highest BCUT2D eigenvalue weighted by atomic mass is 79.9. The van der Waals surface area contributed by atoms with Gasteiger partial charge in [0, 0.05) is 4.47 Å². The number of hydrogen-bond acceptors (Lipinski definition) is 3. The van der Waals surface area contributed by atoms with Crippen molar-refractivity contribution >= 4 is 28.1 Å². The van der Waals surface area contributed by atoms with Crippen LogP contribution >= 0.6 is 15.9 Å². The Hall–Kier alpha value is -1.03. The maximum atomic E-state index is 9.94. The van der Waals surface area contributed by atoms with E-state index < -0.39 is 0 Å². The Bertz CT molecular complexity index is 275. The fraction of sp³-hybridized carbons (Fsp3) is 0. The van der Waals surface area contributed by atoms with E-state index in [0.29, 0.717) is 17.9 Å². The van der Waals surface area contributed by atoms with Crippen LogP contribution in [-0.4, -0.2) is 6.47 Å². The number of ether oxygens (including phenoxy) is 1. The predicted octanol–water partition coefficient (Wildman–Crippen LogP) is 1.57. The Kier molecular flexibility index (Phi) is 2.48. The normalized spacial score (nSPS) is 9.18. The van der Waals surface area contributed by atoms with Gasteiger partial charge in [0.15, 0.2) is 5.75 Å². The summed E-state index contributed by atoms with van der Waals surface area (Å²) in [7, 11) is 0. The lowest BCUT2D eigenvalue weighted by Crippen LogP contribution is -1.94. The molecule has 0 aliphatic carbocycles. The van der Waals surface area contributed by atoms with Crippen molar-refractivity contribution in [2.24, 2.45) is 0 Å². The van der Waals surface area contributed by atoms with Crippen molar-refractivity contribution in [3.63, 3.8) is 0 Å². The average molecular weight is 216 g/mol. The molecule has 0 radical (unpaired) electrons. The molecule has 0 fully saturated rings. The molecular weight excluding hydrogens is 210 g/mol. The number of halogens is 1. The molecule has 0 spiro atoms. The molecule has 1 aromatic rings. The number of nitrogen functional groups attached to an aromatic ring is 1. The lowest BCUT2D eigenvalue weighted by molar-refractivity contribution is -0.120. The molecule has 1 aromatic carbocycles. The van der Waals surface area contributed by atoms with E-state index in [4.69, 9.17) is 5.73 Å². The number of hydrogen-bond donors (Lipinski definition) is 1. The van der Waals surface area contributed by atoms with Gasteiger partial charge in [0.1, 0.15) is 0 Å². The van der Waals surface area contributed by atoms with Crippen LogP contribution in [-0.2, 0) is 4.79 Å². The molecule has 3 nitrogen and oxygen atoms in total. The minimum atomic E-state index is 0.345. The summed E-state index contributed by atoms with van der Waals surface area (Å²) in [4.78, 5) is 9.94. The largest absolute Gasteiger partial charge is 0.427 e. The summed E-state index contributed by atoms with van der Waals surface area (Å²) in [5, 5.41) is 0. The Labute approximate surface area is 72.3 Å². The van der Waals surface area contributed by atoms with Gasteiger partial charge >= 0.3 is 0 Å². The summed E-state index contributed by atoms with van der Waals surface area (Å²) in [5.41, 5.74) is 5.92. The van der Waals surface area contributed by atoms with Gasteiger partial charge in [0.2, 0.25) is 0 Å². The Morgan fingerprint density at radius 3 is 2.91 bits per heavy atom. The van der Waals surface area contributed by atoms with Crippen molar-refractivity contribution in [1.82, 2.24) is 0 Å². The van der Waals surface area contributed by atoms with E-state index in [-0.39, 0.29) is 0 Å². The molecule has 0 saturated heterocycles. The van der Waals surface area contributed by atoms with E-state index in [1.807, 2.05) is 0 Å². The van der Waals surface area contributed by atoms with E-state index in [1.54, 1.807) is 18.2 Å². The molecular formula is C7H6BrNO2. The van der Waals surface area contributed by atoms with Gasteiger partial charge in [-0.1, -0.05) is 15.9 Å². The second kappa shape index (κ2) is 3.39. The predicted molar refractivity (Wildman–Crippen MR) is 45.2 cm³/mol. The first-order valence-corrected chi connectivity index (χ1v) is 3.68. The van der Waals surface area contributed by atoms with Crippen LogP contribution in [0.15, 0.2) is 22.7 Å². The molecule has 0 aliphatic heterocycles. The second-order valence-corrected chi connectivity index (χ2v) is 2.81. The van der Waals surface area contributed by atoms with Crippen molar-refractivity contribution in [3.8, 4) is 5.75 Å². The number of benzene rings is 1. The number of carbonyl (C=O) groups excluding carboxylic acids is 1.